The third kappa shape index (κ3) is 3.56. The first-order valence-corrected chi connectivity index (χ1v) is 7.22. The average Bonchev–Trinajstić information content (AvgIpc) is 2.39. The van der Waals surface area contributed by atoms with Crippen molar-refractivity contribution >= 4 is 27.7 Å². The number of rotatable bonds is 3. The maximum atomic E-state index is 12.1. The van der Waals surface area contributed by atoms with Crippen LogP contribution in [0.1, 0.15) is 36.0 Å². The van der Waals surface area contributed by atoms with Gasteiger partial charge < -0.3 is 11.1 Å². The highest BCUT2D eigenvalue weighted by Gasteiger charge is 2.26. The Morgan fingerprint density at radius 2 is 1.79 bits per heavy atom. The zero-order chi connectivity index (χ0) is 13.8. The van der Waals surface area contributed by atoms with Crippen molar-refractivity contribution in [2.45, 2.75) is 31.7 Å². The Labute approximate surface area is 120 Å². The quantitative estimate of drug-likeness (QED) is 0.894. The van der Waals surface area contributed by atoms with E-state index in [4.69, 9.17) is 5.73 Å². The van der Waals surface area contributed by atoms with Crippen molar-refractivity contribution in [1.82, 2.24) is 5.32 Å². The van der Waals surface area contributed by atoms with Crippen LogP contribution in [0.25, 0.3) is 0 Å². The Hall–Kier alpha value is -1.36. The standard InChI is InChI=1S/C14H17BrN2O2/c15-12-4-2-1-3-11(12)14(19)17-10-7-5-9(6-8-10)13(16)18/h1-4,9-10H,5-8H2,(H2,16,18)(H,17,19). The molecule has 3 N–H and O–H groups in total. The highest BCUT2D eigenvalue weighted by molar-refractivity contribution is 9.10. The van der Waals surface area contributed by atoms with E-state index in [1.54, 1.807) is 6.07 Å². The van der Waals surface area contributed by atoms with E-state index < -0.39 is 0 Å². The van der Waals surface area contributed by atoms with Gasteiger partial charge in [-0.25, -0.2) is 0 Å². The molecule has 0 saturated heterocycles. The molecule has 1 saturated carbocycles. The molecule has 0 bridgehead atoms. The zero-order valence-electron chi connectivity index (χ0n) is 10.6. The maximum absolute atomic E-state index is 12.1. The van der Waals surface area contributed by atoms with Crippen molar-refractivity contribution in [3.63, 3.8) is 0 Å². The Bertz CT molecular complexity index is 482. The van der Waals surface area contributed by atoms with Crippen molar-refractivity contribution in [3.8, 4) is 0 Å². The van der Waals surface area contributed by atoms with Gasteiger partial charge in [0.15, 0.2) is 0 Å². The Morgan fingerprint density at radius 3 is 2.37 bits per heavy atom. The minimum atomic E-state index is -0.226. The third-order valence-electron chi connectivity index (χ3n) is 3.58. The predicted molar refractivity (Wildman–Crippen MR) is 76.5 cm³/mol. The first-order chi connectivity index (χ1) is 9.08. The van der Waals surface area contributed by atoms with Gasteiger partial charge >= 0.3 is 0 Å². The molecule has 2 amide bonds. The molecule has 1 aliphatic rings. The minimum absolute atomic E-state index is 0.0309. The van der Waals surface area contributed by atoms with E-state index in [1.807, 2.05) is 18.2 Å². The molecule has 4 nitrogen and oxygen atoms in total. The number of amides is 2. The molecular weight excluding hydrogens is 308 g/mol. The molecule has 5 heteroatoms. The van der Waals surface area contributed by atoms with Gasteiger partial charge in [-0.1, -0.05) is 12.1 Å². The fourth-order valence-electron chi connectivity index (χ4n) is 2.43. The Morgan fingerprint density at radius 1 is 1.16 bits per heavy atom. The molecule has 102 valence electrons. The Kier molecular flexibility index (Phi) is 4.58. The molecule has 0 aliphatic heterocycles. The second-order valence-corrected chi connectivity index (χ2v) is 5.76. The highest BCUT2D eigenvalue weighted by Crippen LogP contribution is 2.24. The molecule has 1 aliphatic carbocycles. The van der Waals surface area contributed by atoms with Crippen LogP contribution >= 0.6 is 15.9 Å². The van der Waals surface area contributed by atoms with Gasteiger partial charge in [0, 0.05) is 16.4 Å². The summed E-state index contributed by atoms with van der Waals surface area (Å²) in [5.41, 5.74) is 5.93. The number of carbonyl (C=O) groups excluding carboxylic acids is 2. The summed E-state index contributed by atoms with van der Waals surface area (Å²) in [4.78, 5) is 23.2. The number of hydrogen-bond donors (Lipinski definition) is 2. The monoisotopic (exact) mass is 324 g/mol. The van der Waals surface area contributed by atoms with Gasteiger partial charge in [0.1, 0.15) is 0 Å². The van der Waals surface area contributed by atoms with E-state index >= 15 is 0 Å². The topological polar surface area (TPSA) is 72.2 Å². The number of nitrogens with one attached hydrogen (secondary N) is 1. The third-order valence-corrected chi connectivity index (χ3v) is 4.27. The summed E-state index contributed by atoms with van der Waals surface area (Å²) in [6.07, 6.45) is 3.14. The van der Waals surface area contributed by atoms with Gasteiger partial charge in [0.05, 0.1) is 5.56 Å². The maximum Gasteiger partial charge on any atom is 0.252 e. The molecule has 0 unspecified atom stereocenters. The van der Waals surface area contributed by atoms with Crippen molar-refractivity contribution < 1.29 is 9.59 Å². The summed E-state index contributed by atoms with van der Waals surface area (Å²) in [7, 11) is 0. The van der Waals surface area contributed by atoms with Crippen LogP contribution in [0.3, 0.4) is 0 Å². The lowest BCUT2D eigenvalue weighted by atomic mass is 9.85. The SMILES string of the molecule is NC(=O)C1CCC(NC(=O)c2ccccc2Br)CC1. The van der Waals surface area contributed by atoms with E-state index in [0.29, 0.717) is 5.56 Å². The molecule has 2 rings (SSSR count). The first kappa shape index (κ1) is 14.1. The lowest BCUT2D eigenvalue weighted by Crippen LogP contribution is -2.39. The minimum Gasteiger partial charge on any atom is -0.369 e. The fourth-order valence-corrected chi connectivity index (χ4v) is 2.90. The second-order valence-electron chi connectivity index (χ2n) is 4.90. The summed E-state index contributed by atoms with van der Waals surface area (Å²) >= 11 is 3.37. The van der Waals surface area contributed by atoms with Crippen molar-refractivity contribution in [2.75, 3.05) is 0 Å². The van der Waals surface area contributed by atoms with Crippen LogP contribution in [-0.2, 0) is 4.79 Å². The van der Waals surface area contributed by atoms with Crippen LogP contribution in [0, 0.1) is 5.92 Å². The van der Waals surface area contributed by atoms with Crippen LogP contribution < -0.4 is 11.1 Å². The lowest BCUT2D eigenvalue weighted by molar-refractivity contribution is -0.122. The second kappa shape index (κ2) is 6.19. The van der Waals surface area contributed by atoms with Gasteiger partial charge in [0.2, 0.25) is 5.91 Å². The Balaban J connectivity index is 1.91. The number of hydrogen-bond acceptors (Lipinski definition) is 2. The summed E-state index contributed by atoms with van der Waals surface area (Å²) in [6.45, 7) is 0. The normalized spacial score (nSPS) is 22.8. The smallest absolute Gasteiger partial charge is 0.252 e. The van der Waals surface area contributed by atoms with E-state index in [9.17, 15) is 9.59 Å². The van der Waals surface area contributed by atoms with Gasteiger partial charge in [-0.3, -0.25) is 9.59 Å². The fraction of sp³-hybridized carbons (Fsp3) is 0.429. The zero-order valence-corrected chi connectivity index (χ0v) is 12.2. The number of nitrogens with two attached hydrogens (primary N) is 1. The highest BCUT2D eigenvalue weighted by atomic mass is 79.9. The summed E-state index contributed by atoms with van der Waals surface area (Å²) in [5.74, 6) is -0.331. The van der Waals surface area contributed by atoms with Crippen molar-refractivity contribution in [3.05, 3.63) is 34.3 Å². The largest absolute Gasteiger partial charge is 0.369 e. The average molecular weight is 325 g/mol. The van der Waals surface area contributed by atoms with Gasteiger partial charge in [0.25, 0.3) is 5.91 Å². The molecule has 0 aromatic heterocycles. The van der Waals surface area contributed by atoms with Crippen LogP contribution in [-0.4, -0.2) is 17.9 Å². The lowest BCUT2D eigenvalue weighted by Gasteiger charge is -2.27. The van der Waals surface area contributed by atoms with Crippen molar-refractivity contribution in [1.29, 1.82) is 0 Å². The van der Waals surface area contributed by atoms with Crippen LogP contribution in [0.4, 0.5) is 0 Å². The van der Waals surface area contributed by atoms with Gasteiger partial charge in [-0.2, -0.15) is 0 Å². The molecule has 1 fully saturated rings. The molecule has 0 heterocycles. The number of carbonyl (C=O) groups is 2. The molecule has 19 heavy (non-hydrogen) atoms. The summed E-state index contributed by atoms with van der Waals surface area (Å²) in [6, 6.07) is 7.48. The number of primary amides is 1. The van der Waals surface area contributed by atoms with Crippen molar-refractivity contribution in [2.24, 2.45) is 11.7 Å². The first-order valence-electron chi connectivity index (χ1n) is 6.42. The van der Waals surface area contributed by atoms with E-state index in [-0.39, 0.29) is 23.8 Å². The number of benzene rings is 1. The van der Waals surface area contributed by atoms with Gasteiger partial charge in [-0.15, -0.1) is 0 Å². The molecular formula is C14H17BrN2O2. The predicted octanol–water partition coefficient (Wildman–Crippen LogP) is 2.22. The molecule has 1 aromatic carbocycles. The summed E-state index contributed by atoms with van der Waals surface area (Å²) < 4.78 is 0.790. The van der Waals surface area contributed by atoms with Crippen LogP contribution in [0.2, 0.25) is 0 Å². The van der Waals surface area contributed by atoms with Crippen LogP contribution in [0.15, 0.2) is 28.7 Å². The molecule has 0 spiro atoms. The van der Waals surface area contributed by atoms with Gasteiger partial charge in [-0.05, 0) is 53.7 Å². The van der Waals surface area contributed by atoms with Crippen LogP contribution in [0.5, 0.6) is 0 Å². The molecule has 0 atom stereocenters. The van der Waals surface area contributed by atoms with E-state index in [2.05, 4.69) is 21.2 Å². The molecule has 0 radical (unpaired) electrons. The van der Waals surface area contributed by atoms with E-state index in [1.165, 1.54) is 0 Å². The molecule has 1 aromatic rings. The summed E-state index contributed by atoms with van der Waals surface area (Å²) in [5, 5.41) is 3.01. The number of halogens is 1. The van der Waals surface area contributed by atoms with E-state index in [0.717, 1.165) is 30.2 Å².